The molecule has 0 aromatic heterocycles. The van der Waals surface area contributed by atoms with Crippen molar-refractivity contribution in [2.75, 3.05) is 19.6 Å². The lowest BCUT2D eigenvalue weighted by molar-refractivity contribution is 0.0972. The van der Waals surface area contributed by atoms with Gasteiger partial charge in [0.2, 0.25) is 0 Å². The normalized spacial score (nSPS) is 16.1. The van der Waals surface area contributed by atoms with Crippen molar-refractivity contribution in [1.82, 2.24) is 4.90 Å². The minimum atomic E-state index is -0.305. The molecule has 3 rings (SSSR count). The van der Waals surface area contributed by atoms with E-state index in [-0.39, 0.29) is 11.6 Å². The number of halogens is 2. The molecule has 0 radical (unpaired) electrons. The quantitative estimate of drug-likeness (QED) is 0.650. The van der Waals surface area contributed by atoms with E-state index in [0.717, 1.165) is 43.9 Å². The van der Waals surface area contributed by atoms with E-state index >= 15 is 0 Å². The summed E-state index contributed by atoms with van der Waals surface area (Å²) in [5.41, 5.74) is 1.97. The van der Waals surface area contributed by atoms with Gasteiger partial charge in [0, 0.05) is 17.0 Å². The summed E-state index contributed by atoms with van der Waals surface area (Å²) in [6.07, 6.45) is 3.66. The average molecular weight is 360 g/mol. The molecule has 0 unspecified atom stereocenters. The monoisotopic (exact) mass is 359 g/mol. The van der Waals surface area contributed by atoms with Gasteiger partial charge in [-0.3, -0.25) is 4.79 Å². The second-order valence-electron chi connectivity index (χ2n) is 6.70. The minimum absolute atomic E-state index is 0.0936. The number of nitrogens with zero attached hydrogens (tertiary/aromatic N) is 1. The van der Waals surface area contributed by atoms with Crippen LogP contribution in [0, 0.1) is 5.82 Å². The number of carbonyl (C=O) groups is 1. The fourth-order valence-electron chi connectivity index (χ4n) is 3.47. The SMILES string of the molecule is O=C(CCCN1CCC(c2ccc(Cl)cc2)CC1)c1ccc(F)cc1. The number of benzene rings is 2. The molecule has 4 heteroatoms. The third kappa shape index (κ3) is 5.13. The molecule has 1 aliphatic rings. The molecule has 1 heterocycles. The Kier molecular flexibility index (Phi) is 6.22. The van der Waals surface area contributed by atoms with Crippen molar-refractivity contribution >= 4 is 17.4 Å². The van der Waals surface area contributed by atoms with Crippen LogP contribution in [0.15, 0.2) is 48.5 Å². The van der Waals surface area contributed by atoms with E-state index in [2.05, 4.69) is 17.0 Å². The number of Topliss-reactive ketones (excluding diaryl/α,β-unsaturated/α-hetero) is 1. The molecule has 1 saturated heterocycles. The van der Waals surface area contributed by atoms with E-state index in [1.54, 1.807) is 12.1 Å². The Morgan fingerprint density at radius 1 is 1.04 bits per heavy atom. The summed E-state index contributed by atoms with van der Waals surface area (Å²) in [4.78, 5) is 14.5. The molecule has 0 atom stereocenters. The number of carbonyl (C=O) groups excluding carboxylic acids is 1. The lowest BCUT2D eigenvalue weighted by Gasteiger charge is -2.32. The van der Waals surface area contributed by atoms with E-state index < -0.39 is 0 Å². The van der Waals surface area contributed by atoms with Gasteiger partial charge in [-0.05, 0) is 86.8 Å². The molecule has 1 aliphatic heterocycles. The summed E-state index contributed by atoms with van der Waals surface area (Å²) in [6, 6.07) is 14.0. The van der Waals surface area contributed by atoms with Gasteiger partial charge in [-0.2, -0.15) is 0 Å². The van der Waals surface area contributed by atoms with E-state index in [0.29, 0.717) is 17.9 Å². The van der Waals surface area contributed by atoms with Crippen LogP contribution in [0.3, 0.4) is 0 Å². The van der Waals surface area contributed by atoms with Crippen LogP contribution in [0.2, 0.25) is 5.02 Å². The molecule has 0 saturated carbocycles. The highest BCUT2D eigenvalue weighted by molar-refractivity contribution is 6.30. The molecule has 0 bridgehead atoms. The molecule has 0 spiro atoms. The van der Waals surface area contributed by atoms with Crippen LogP contribution >= 0.6 is 11.6 Å². The molecule has 2 aromatic carbocycles. The van der Waals surface area contributed by atoms with Crippen molar-refractivity contribution in [2.45, 2.75) is 31.6 Å². The van der Waals surface area contributed by atoms with Crippen LogP contribution in [-0.2, 0) is 0 Å². The molecule has 0 N–H and O–H groups in total. The van der Waals surface area contributed by atoms with Gasteiger partial charge in [0.25, 0.3) is 0 Å². The van der Waals surface area contributed by atoms with E-state index in [1.807, 2.05) is 12.1 Å². The largest absolute Gasteiger partial charge is 0.303 e. The molecular weight excluding hydrogens is 337 g/mol. The summed E-state index contributed by atoms with van der Waals surface area (Å²) in [5.74, 6) is 0.394. The number of ketones is 1. The summed E-state index contributed by atoms with van der Waals surface area (Å²) in [7, 11) is 0. The molecule has 0 amide bonds. The maximum absolute atomic E-state index is 12.9. The van der Waals surface area contributed by atoms with Crippen LogP contribution < -0.4 is 0 Å². The van der Waals surface area contributed by atoms with Crippen molar-refractivity contribution in [3.05, 3.63) is 70.5 Å². The van der Waals surface area contributed by atoms with Gasteiger partial charge in [-0.25, -0.2) is 4.39 Å². The molecule has 1 fully saturated rings. The average Bonchev–Trinajstić information content (AvgIpc) is 2.63. The fourth-order valence-corrected chi connectivity index (χ4v) is 3.59. The maximum Gasteiger partial charge on any atom is 0.162 e. The van der Waals surface area contributed by atoms with Crippen LogP contribution in [-0.4, -0.2) is 30.3 Å². The summed E-state index contributed by atoms with van der Waals surface area (Å²) < 4.78 is 12.9. The van der Waals surface area contributed by atoms with Gasteiger partial charge < -0.3 is 4.90 Å². The minimum Gasteiger partial charge on any atom is -0.303 e. The van der Waals surface area contributed by atoms with Gasteiger partial charge in [-0.1, -0.05) is 23.7 Å². The Morgan fingerprint density at radius 3 is 2.32 bits per heavy atom. The predicted molar refractivity (Wildman–Crippen MR) is 99.8 cm³/mol. The zero-order chi connectivity index (χ0) is 17.6. The van der Waals surface area contributed by atoms with E-state index in [4.69, 9.17) is 11.6 Å². The fraction of sp³-hybridized carbons (Fsp3) is 0.381. The number of piperidine rings is 1. The Bertz CT molecular complexity index is 691. The van der Waals surface area contributed by atoms with Crippen LogP contribution in [0.4, 0.5) is 4.39 Å². The number of hydrogen-bond acceptors (Lipinski definition) is 2. The zero-order valence-electron chi connectivity index (χ0n) is 14.3. The van der Waals surface area contributed by atoms with Crippen LogP contribution in [0.5, 0.6) is 0 Å². The van der Waals surface area contributed by atoms with Gasteiger partial charge in [0.05, 0.1) is 0 Å². The molecule has 25 heavy (non-hydrogen) atoms. The number of likely N-dealkylation sites (tertiary alicyclic amines) is 1. The topological polar surface area (TPSA) is 20.3 Å². The Labute approximate surface area is 153 Å². The Hall–Kier alpha value is -1.71. The Morgan fingerprint density at radius 2 is 1.68 bits per heavy atom. The van der Waals surface area contributed by atoms with Crippen molar-refractivity contribution in [1.29, 1.82) is 0 Å². The summed E-state index contributed by atoms with van der Waals surface area (Å²) in [6.45, 7) is 3.08. The maximum atomic E-state index is 12.9. The molecule has 2 nitrogen and oxygen atoms in total. The van der Waals surface area contributed by atoms with Crippen molar-refractivity contribution in [3.63, 3.8) is 0 Å². The first kappa shape index (κ1) is 18.1. The second-order valence-corrected chi connectivity index (χ2v) is 7.14. The summed E-state index contributed by atoms with van der Waals surface area (Å²) in [5, 5.41) is 0.784. The van der Waals surface area contributed by atoms with Crippen LogP contribution in [0.25, 0.3) is 0 Å². The molecule has 2 aromatic rings. The summed E-state index contributed by atoms with van der Waals surface area (Å²) >= 11 is 5.95. The van der Waals surface area contributed by atoms with Gasteiger partial charge >= 0.3 is 0 Å². The first-order chi connectivity index (χ1) is 12.1. The van der Waals surface area contributed by atoms with Gasteiger partial charge in [0.1, 0.15) is 5.82 Å². The van der Waals surface area contributed by atoms with Gasteiger partial charge in [0.15, 0.2) is 5.78 Å². The van der Waals surface area contributed by atoms with Crippen molar-refractivity contribution < 1.29 is 9.18 Å². The highest BCUT2D eigenvalue weighted by Gasteiger charge is 2.20. The third-order valence-electron chi connectivity index (χ3n) is 4.97. The van der Waals surface area contributed by atoms with E-state index in [1.165, 1.54) is 17.7 Å². The van der Waals surface area contributed by atoms with Crippen LogP contribution in [0.1, 0.15) is 47.5 Å². The molecule has 132 valence electrons. The lowest BCUT2D eigenvalue weighted by Crippen LogP contribution is -2.33. The third-order valence-corrected chi connectivity index (χ3v) is 5.23. The molecular formula is C21H23ClFNO. The van der Waals surface area contributed by atoms with E-state index in [9.17, 15) is 9.18 Å². The number of rotatable bonds is 6. The second kappa shape index (κ2) is 8.59. The highest BCUT2D eigenvalue weighted by atomic mass is 35.5. The first-order valence-electron chi connectivity index (χ1n) is 8.88. The number of hydrogen-bond donors (Lipinski definition) is 0. The van der Waals surface area contributed by atoms with Gasteiger partial charge in [-0.15, -0.1) is 0 Å². The van der Waals surface area contributed by atoms with Crippen molar-refractivity contribution in [2.24, 2.45) is 0 Å². The standard InChI is InChI=1S/C21H23ClFNO/c22-19-7-3-16(4-8-19)17-11-14-24(15-12-17)13-1-2-21(25)18-5-9-20(23)10-6-18/h3-10,17H,1-2,11-15H2. The highest BCUT2D eigenvalue weighted by Crippen LogP contribution is 2.28. The predicted octanol–water partition coefficient (Wildman–Crippen LogP) is 5.32. The Balaban J connectivity index is 1.40. The first-order valence-corrected chi connectivity index (χ1v) is 9.26. The smallest absolute Gasteiger partial charge is 0.162 e. The zero-order valence-corrected chi connectivity index (χ0v) is 15.0. The van der Waals surface area contributed by atoms with Crippen molar-refractivity contribution in [3.8, 4) is 0 Å². The lowest BCUT2D eigenvalue weighted by atomic mass is 9.89. The molecule has 0 aliphatic carbocycles.